The summed E-state index contributed by atoms with van der Waals surface area (Å²) >= 11 is 5.68. The number of halogens is 2. The summed E-state index contributed by atoms with van der Waals surface area (Å²) in [5.41, 5.74) is 2.25. The van der Waals surface area contributed by atoms with Crippen LogP contribution in [0.3, 0.4) is 0 Å². The third kappa shape index (κ3) is 7.26. The first-order valence-corrected chi connectivity index (χ1v) is 15.3. The number of nitrogens with two attached hydrogens (primary N) is 1. The minimum Gasteiger partial charge on any atom is -0.462 e. The van der Waals surface area contributed by atoms with Crippen LogP contribution in [0.4, 0.5) is 14.6 Å². The molecule has 41 heavy (non-hydrogen) atoms. The molecule has 3 aromatic rings. The van der Waals surface area contributed by atoms with Gasteiger partial charge in [-0.3, -0.25) is 9.36 Å². The minimum atomic E-state index is -3.74. The van der Waals surface area contributed by atoms with Gasteiger partial charge in [0, 0.05) is 12.6 Å². The van der Waals surface area contributed by atoms with Crippen molar-refractivity contribution < 1.29 is 37.2 Å². The number of rotatable bonds is 11. The molecule has 0 radical (unpaired) electrons. The molecule has 0 aliphatic carbocycles. The summed E-state index contributed by atoms with van der Waals surface area (Å²) in [6, 6.07) is 12.9. The van der Waals surface area contributed by atoms with E-state index in [-0.39, 0.29) is 11.6 Å². The molecule has 1 aliphatic rings. The lowest BCUT2D eigenvalue weighted by molar-refractivity contribution is -0.169. The van der Waals surface area contributed by atoms with Crippen molar-refractivity contribution in [2.75, 3.05) is 12.3 Å². The lowest BCUT2D eigenvalue weighted by Crippen LogP contribution is -2.44. The van der Waals surface area contributed by atoms with E-state index in [0.717, 1.165) is 15.3 Å². The van der Waals surface area contributed by atoms with Crippen LogP contribution in [-0.4, -0.2) is 57.5 Å². The number of anilines is 1. The van der Waals surface area contributed by atoms with Gasteiger partial charge in [0.1, 0.15) is 23.7 Å². The molecule has 1 fully saturated rings. The number of nitrogens with one attached hydrogen (secondary N) is 1. The highest BCUT2D eigenvalue weighted by Crippen LogP contribution is 2.49. The van der Waals surface area contributed by atoms with Gasteiger partial charge in [-0.1, -0.05) is 30.3 Å². The van der Waals surface area contributed by atoms with Crippen LogP contribution < -0.4 is 21.0 Å². The summed E-state index contributed by atoms with van der Waals surface area (Å²) < 4.78 is 52.6. The molecule has 5 atom stereocenters. The number of carbonyl (C=O) groups excluding carboxylic acids is 1. The second-order valence-electron chi connectivity index (χ2n) is 9.90. The van der Waals surface area contributed by atoms with Crippen molar-refractivity contribution >= 4 is 41.0 Å². The second kappa shape index (κ2) is 12.5. The predicted molar refractivity (Wildman–Crippen MR) is 151 cm³/mol. The van der Waals surface area contributed by atoms with E-state index >= 15 is 0 Å². The van der Waals surface area contributed by atoms with Crippen LogP contribution >= 0.6 is 6.64 Å². The Morgan fingerprint density at radius 3 is 2.63 bits per heavy atom. The number of ether oxygens (including phenoxy) is 2. The molecule has 0 bridgehead atoms. The lowest BCUT2D eigenvalue weighted by Gasteiger charge is -2.32. The van der Waals surface area contributed by atoms with E-state index in [1.54, 1.807) is 32.0 Å². The summed E-state index contributed by atoms with van der Waals surface area (Å²) in [5.74, 6) is -0.448. The Hall–Kier alpha value is -3.00. The third-order valence-corrected chi connectivity index (χ3v) is 8.72. The van der Waals surface area contributed by atoms with Crippen LogP contribution in [0, 0.1) is 0 Å². The standard InChI is InChI=1S/C26H31F2N4O7PS/c1-15(2)37-23(34)16(3)31-40(41,39-19-9-8-17-6-4-5-7-18(17)12-19)36-14-26(24(27)28)13-20(33)22(38-26)32-11-10-21(29)30-25(32)35/h4-12,15-16,20,22,24,33H,13-14H2,1-3H3,(H,31,41)(H2,29,30,35)/t16-,20+,22+,26-,40?/m0/s1. The number of benzene rings is 2. The Morgan fingerprint density at radius 1 is 1.27 bits per heavy atom. The number of alkyl halides is 2. The molecule has 2 heterocycles. The second-order valence-corrected chi connectivity index (χ2v) is 13.0. The van der Waals surface area contributed by atoms with Crippen LogP contribution in [0.1, 0.15) is 33.4 Å². The highest BCUT2D eigenvalue weighted by Gasteiger charge is 2.54. The van der Waals surface area contributed by atoms with Gasteiger partial charge >= 0.3 is 18.3 Å². The van der Waals surface area contributed by atoms with E-state index in [1.807, 2.05) is 24.3 Å². The Balaban J connectivity index is 1.61. The quantitative estimate of drug-likeness (QED) is 0.216. The van der Waals surface area contributed by atoms with E-state index in [0.29, 0.717) is 0 Å². The summed E-state index contributed by atoms with van der Waals surface area (Å²) in [6.45, 7) is 0.255. The molecule has 0 amide bonds. The van der Waals surface area contributed by atoms with Gasteiger partial charge in [-0.15, -0.1) is 0 Å². The minimum absolute atomic E-state index is 0.0788. The Bertz CT molecular complexity index is 1510. The number of fused-ring (bicyclic) bond motifs is 1. The van der Waals surface area contributed by atoms with E-state index < -0.39 is 67.8 Å². The number of hydrogen-bond acceptors (Lipinski definition) is 10. The Labute approximate surface area is 239 Å². The average molecular weight is 613 g/mol. The van der Waals surface area contributed by atoms with Crippen molar-refractivity contribution in [3.63, 3.8) is 0 Å². The van der Waals surface area contributed by atoms with Crippen molar-refractivity contribution in [3.8, 4) is 5.75 Å². The maximum absolute atomic E-state index is 14.5. The number of esters is 1. The zero-order valence-electron chi connectivity index (χ0n) is 22.5. The Morgan fingerprint density at radius 2 is 1.98 bits per heavy atom. The van der Waals surface area contributed by atoms with Crippen molar-refractivity contribution in [2.24, 2.45) is 0 Å². The molecule has 2 aromatic carbocycles. The molecule has 1 unspecified atom stereocenters. The van der Waals surface area contributed by atoms with Crippen LogP contribution in [0.25, 0.3) is 10.8 Å². The normalized spacial score (nSPS) is 23.0. The number of hydrogen-bond donors (Lipinski definition) is 3. The highest BCUT2D eigenvalue weighted by atomic mass is 32.5. The molecule has 11 nitrogen and oxygen atoms in total. The smallest absolute Gasteiger partial charge is 0.351 e. The number of carbonyl (C=O) groups is 1. The SMILES string of the molecule is CC(C)OC(=O)[C@H](C)NP(=S)(OC[C@]1(C(F)F)C[C@@H](O)[C@H](n2ccc(N)nc2=O)O1)Oc1ccc2ccccc2c1. The van der Waals surface area contributed by atoms with Crippen LogP contribution in [-0.2, 0) is 30.6 Å². The molecular weight excluding hydrogens is 581 g/mol. The van der Waals surface area contributed by atoms with E-state index in [9.17, 15) is 23.5 Å². The van der Waals surface area contributed by atoms with Crippen molar-refractivity contribution in [1.82, 2.24) is 14.6 Å². The number of aliphatic hydroxyl groups is 1. The molecular formula is C26H31F2N4O7PS. The molecule has 0 spiro atoms. The molecule has 4 N–H and O–H groups in total. The van der Waals surface area contributed by atoms with Crippen molar-refractivity contribution in [2.45, 2.75) is 63.7 Å². The zero-order chi connectivity index (χ0) is 29.9. The average Bonchev–Trinajstić information content (AvgIpc) is 3.24. The van der Waals surface area contributed by atoms with Gasteiger partial charge in [0.2, 0.25) is 0 Å². The fourth-order valence-electron chi connectivity index (χ4n) is 4.25. The molecule has 15 heteroatoms. The molecule has 0 saturated carbocycles. The number of nitrogen functional groups attached to an aromatic ring is 1. The first-order valence-electron chi connectivity index (χ1n) is 12.7. The number of aromatic nitrogens is 2. The van der Waals surface area contributed by atoms with Crippen LogP contribution in [0.5, 0.6) is 5.75 Å². The van der Waals surface area contributed by atoms with Crippen molar-refractivity contribution in [3.05, 3.63) is 65.2 Å². The lowest BCUT2D eigenvalue weighted by atomic mass is 10.0. The van der Waals surface area contributed by atoms with Crippen LogP contribution in [0.2, 0.25) is 0 Å². The summed E-state index contributed by atoms with van der Waals surface area (Å²) in [7, 11) is 0. The summed E-state index contributed by atoms with van der Waals surface area (Å²) in [4.78, 5) is 28.4. The fourth-order valence-corrected chi connectivity index (χ4v) is 6.68. The maximum atomic E-state index is 14.5. The Kier molecular flexibility index (Phi) is 9.42. The maximum Gasteiger partial charge on any atom is 0.351 e. The molecule has 222 valence electrons. The van der Waals surface area contributed by atoms with E-state index in [1.165, 1.54) is 19.2 Å². The number of aliphatic hydroxyl groups excluding tert-OH is 1. The first kappa shape index (κ1) is 30.9. The molecule has 1 saturated heterocycles. The first-order chi connectivity index (χ1) is 19.3. The van der Waals surface area contributed by atoms with Crippen LogP contribution in [0.15, 0.2) is 59.5 Å². The van der Waals surface area contributed by atoms with Gasteiger partial charge in [-0.25, -0.2) is 18.7 Å². The zero-order valence-corrected chi connectivity index (χ0v) is 24.2. The van der Waals surface area contributed by atoms with Gasteiger partial charge in [-0.2, -0.15) is 4.98 Å². The van der Waals surface area contributed by atoms with Gasteiger partial charge in [-0.05, 0) is 61.5 Å². The fraction of sp³-hybridized carbons (Fsp3) is 0.423. The highest BCUT2D eigenvalue weighted by molar-refractivity contribution is 8.09. The molecule has 1 aliphatic heterocycles. The van der Waals surface area contributed by atoms with E-state index in [2.05, 4.69) is 10.1 Å². The summed E-state index contributed by atoms with van der Waals surface area (Å²) in [6.07, 6.45) is -5.97. The molecule has 4 rings (SSSR count). The third-order valence-electron chi connectivity index (χ3n) is 6.25. The van der Waals surface area contributed by atoms with Gasteiger partial charge in [0.25, 0.3) is 6.43 Å². The van der Waals surface area contributed by atoms with Crippen molar-refractivity contribution in [1.29, 1.82) is 0 Å². The monoisotopic (exact) mass is 612 g/mol. The molecule has 1 aromatic heterocycles. The number of nitrogens with zero attached hydrogens (tertiary/aromatic N) is 2. The topological polar surface area (TPSA) is 147 Å². The predicted octanol–water partition coefficient (Wildman–Crippen LogP) is 3.51. The van der Waals surface area contributed by atoms with Gasteiger partial charge in [0.15, 0.2) is 11.8 Å². The summed E-state index contributed by atoms with van der Waals surface area (Å²) in [5, 5.41) is 15.2. The van der Waals surface area contributed by atoms with E-state index in [4.69, 9.17) is 36.1 Å². The van der Waals surface area contributed by atoms with Gasteiger partial charge in [0.05, 0.1) is 12.7 Å². The largest absolute Gasteiger partial charge is 0.462 e. The van der Waals surface area contributed by atoms with Gasteiger partial charge < -0.3 is 29.4 Å².